The predicted octanol–water partition coefficient (Wildman–Crippen LogP) is 1.64. The summed E-state index contributed by atoms with van der Waals surface area (Å²) in [7, 11) is 0. The summed E-state index contributed by atoms with van der Waals surface area (Å²) in [6.45, 7) is 5.50. The van der Waals surface area contributed by atoms with E-state index in [1.165, 1.54) is 0 Å². The maximum absolute atomic E-state index is 12.5. The van der Waals surface area contributed by atoms with Crippen LogP contribution in [-0.4, -0.2) is 56.8 Å². The number of carbonyl (C=O) groups excluding carboxylic acids is 1. The molecule has 1 fully saturated rings. The van der Waals surface area contributed by atoms with Crippen LogP contribution in [0.25, 0.3) is 0 Å². The zero-order chi connectivity index (χ0) is 16.1. The molecule has 122 valence electrons. The number of nitrogens with zero attached hydrogens (tertiary/aromatic N) is 4. The Morgan fingerprint density at radius 1 is 1.30 bits per heavy atom. The van der Waals surface area contributed by atoms with Crippen molar-refractivity contribution in [3.8, 4) is 0 Å². The number of H-pyrrole nitrogens is 1. The fourth-order valence-electron chi connectivity index (χ4n) is 3.10. The highest BCUT2D eigenvalue weighted by Gasteiger charge is 2.30. The first kappa shape index (κ1) is 15.7. The molecule has 0 saturated carbocycles. The number of aromatic amines is 1. The molecule has 1 amide bonds. The minimum Gasteiger partial charge on any atom is -0.347 e. The van der Waals surface area contributed by atoms with Gasteiger partial charge in [0.2, 0.25) is 5.91 Å². The molecule has 0 aliphatic carbocycles. The Morgan fingerprint density at radius 3 is 2.83 bits per heavy atom. The molecule has 0 bridgehead atoms. The fraction of sp³-hybridized carbons (Fsp3) is 0.471. The van der Waals surface area contributed by atoms with Gasteiger partial charge in [-0.1, -0.05) is 6.92 Å². The van der Waals surface area contributed by atoms with E-state index in [2.05, 4.69) is 26.8 Å². The summed E-state index contributed by atoms with van der Waals surface area (Å²) < 4.78 is 0. The lowest BCUT2D eigenvalue weighted by molar-refractivity contribution is -0.134. The average molecular weight is 313 g/mol. The number of aromatic nitrogens is 3. The number of piperazine rings is 1. The predicted molar refractivity (Wildman–Crippen MR) is 87.7 cm³/mol. The van der Waals surface area contributed by atoms with Gasteiger partial charge in [0.15, 0.2) is 0 Å². The zero-order valence-electron chi connectivity index (χ0n) is 13.5. The summed E-state index contributed by atoms with van der Waals surface area (Å²) in [5, 5.41) is 0. The molecule has 3 rings (SSSR count). The van der Waals surface area contributed by atoms with Crippen molar-refractivity contribution in [3.05, 3.63) is 48.3 Å². The average Bonchev–Trinajstić information content (AvgIpc) is 3.14. The molecule has 1 aliphatic heterocycles. The Hall–Kier alpha value is -2.21. The Labute approximate surface area is 136 Å². The first-order valence-electron chi connectivity index (χ1n) is 8.18. The number of pyridine rings is 1. The van der Waals surface area contributed by atoms with Crippen molar-refractivity contribution in [2.75, 3.05) is 26.2 Å². The summed E-state index contributed by atoms with van der Waals surface area (Å²) >= 11 is 0. The molecule has 2 aromatic rings. The van der Waals surface area contributed by atoms with Crippen LogP contribution in [0.5, 0.6) is 0 Å². The number of hydrogen-bond acceptors (Lipinski definition) is 4. The molecule has 6 heteroatoms. The molecule has 1 unspecified atom stereocenters. The summed E-state index contributed by atoms with van der Waals surface area (Å²) in [5.41, 5.74) is 1.16. The van der Waals surface area contributed by atoms with E-state index in [-0.39, 0.29) is 11.9 Å². The molecular formula is C17H23N5O. The standard InChI is InChI=1S/C17H23N5O/c1-2-21-11-12-22(13-15(21)17-19-9-10-20-17)16(23)4-3-14-5-7-18-8-6-14/h5-10,15H,2-4,11-13H2,1H3,(H,19,20). The van der Waals surface area contributed by atoms with Crippen LogP contribution in [0, 0.1) is 0 Å². The smallest absolute Gasteiger partial charge is 0.223 e. The van der Waals surface area contributed by atoms with Gasteiger partial charge in [0.1, 0.15) is 5.82 Å². The number of imidazole rings is 1. The molecule has 0 radical (unpaired) electrons. The molecule has 23 heavy (non-hydrogen) atoms. The largest absolute Gasteiger partial charge is 0.347 e. The van der Waals surface area contributed by atoms with E-state index in [0.29, 0.717) is 13.0 Å². The fourth-order valence-corrected chi connectivity index (χ4v) is 3.10. The van der Waals surface area contributed by atoms with Crippen molar-refractivity contribution >= 4 is 5.91 Å². The van der Waals surface area contributed by atoms with Gasteiger partial charge in [-0.3, -0.25) is 14.7 Å². The van der Waals surface area contributed by atoms with Crippen LogP contribution in [0.2, 0.25) is 0 Å². The van der Waals surface area contributed by atoms with E-state index in [1.54, 1.807) is 18.6 Å². The summed E-state index contributed by atoms with van der Waals surface area (Å²) in [5.74, 6) is 1.16. The van der Waals surface area contributed by atoms with E-state index in [1.807, 2.05) is 23.2 Å². The van der Waals surface area contributed by atoms with Crippen molar-refractivity contribution < 1.29 is 4.79 Å². The molecule has 2 aromatic heterocycles. The normalized spacial score (nSPS) is 19.0. The maximum Gasteiger partial charge on any atom is 0.223 e. The highest BCUT2D eigenvalue weighted by Crippen LogP contribution is 2.23. The van der Waals surface area contributed by atoms with E-state index < -0.39 is 0 Å². The van der Waals surface area contributed by atoms with Crippen molar-refractivity contribution in [1.82, 2.24) is 24.8 Å². The van der Waals surface area contributed by atoms with Crippen molar-refractivity contribution in [2.45, 2.75) is 25.8 Å². The van der Waals surface area contributed by atoms with Crippen LogP contribution in [0.3, 0.4) is 0 Å². The second-order valence-electron chi connectivity index (χ2n) is 5.81. The molecule has 3 heterocycles. The first-order valence-corrected chi connectivity index (χ1v) is 8.18. The molecule has 1 saturated heterocycles. The molecule has 1 N–H and O–H groups in total. The number of hydrogen-bond donors (Lipinski definition) is 1. The van der Waals surface area contributed by atoms with Crippen LogP contribution >= 0.6 is 0 Å². The van der Waals surface area contributed by atoms with Crippen LogP contribution < -0.4 is 0 Å². The maximum atomic E-state index is 12.5. The van der Waals surface area contributed by atoms with E-state index in [4.69, 9.17) is 0 Å². The monoisotopic (exact) mass is 313 g/mol. The number of likely N-dealkylation sites (N-methyl/N-ethyl adjacent to an activating group) is 1. The van der Waals surface area contributed by atoms with E-state index in [0.717, 1.165) is 37.4 Å². The second-order valence-corrected chi connectivity index (χ2v) is 5.81. The number of carbonyl (C=O) groups is 1. The minimum atomic E-state index is 0.161. The second kappa shape index (κ2) is 7.37. The van der Waals surface area contributed by atoms with Gasteiger partial charge in [-0.2, -0.15) is 0 Å². The molecule has 6 nitrogen and oxygen atoms in total. The summed E-state index contributed by atoms with van der Waals surface area (Å²) in [6, 6.07) is 4.09. The highest BCUT2D eigenvalue weighted by molar-refractivity contribution is 5.76. The lowest BCUT2D eigenvalue weighted by Gasteiger charge is -2.40. The number of nitrogens with one attached hydrogen (secondary N) is 1. The Morgan fingerprint density at radius 2 is 2.13 bits per heavy atom. The van der Waals surface area contributed by atoms with Gasteiger partial charge in [0.05, 0.1) is 6.04 Å². The Bertz CT molecular complexity index is 613. The summed E-state index contributed by atoms with van der Waals surface area (Å²) in [6.07, 6.45) is 8.46. The van der Waals surface area contributed by atoms with E-state index >= 15 is 0 Å². The van der Waals surface area contributed by atoms with Gasteiger partial charge in [0.25, 0.3) is 0 Å². The Balaban J connectivity index is 1.60. The minimum absolute atomic E-state index is 0.161. The van der Waals surface area contributed by atoms with Gasteiger partial charge in [-0.05, 0) is 30.7 Å². The molecule has 1 aliphatic rings. The summed E-state index contributed by atoms with van der Waals surface area (Å²) in [4.78, 5) is 28.5. The lowest BCUT2D eigenvalue weighted by Crippen LogP contribution is -2.50. The highest BCUT2D eigenvalue weighted by atomic mass is 16.2. The van der Waals surface area contributed by atoms with Crippen LogP contribution in [0.4, 0.5) is 0 Å². The van der Waals surface area contributed by atoms with Gasteiger partial charge < -0.3 is 9.88 Å². The lowest BCUT2D eigenvalue weighted by atomic mass is 10.1. The molecule has 0 spiro atoms. The van der Waals surface area contributed by atoms with Crippen LogP contribution in [0.1, 0.15) is 30.8 Å². The van der Waals surface area contributed by atoms with E-state index in [9.17, 15) is 4.79 Å². The topological polar surface area (TPSA) is 65.1 Å². The van der Waals surface area contributed by atoms with Gasteiger partial charge in [0, 0.05) is 50.8 Å². The molecular weight excluding hydrogens is 290 g/mol. The van der Waals surface area contributed by atoms with Gasteiger partial charge in [-0.15, -0.1) is 0 Å². The third kappa shape index (κ3) is 3.76. The first-order chi connectivity index (χ1) is 11.3. The van der Waals surface area contributed by atoms with Crippen molar-refractivity contribution in [1.29, 1.82) is 0 Å². The number of rotatable bonds is 5. The van der Waals surface area contributed by atoms with Crippen LogP contribution in [-0.2, 0) is 11.2 Å². The molecule has 1 atom stereocenters. The Kier molecular flexibility index (Phi) is 5.02. The van der Waals surface area contributed by atoms with Crippen molar-refractivity contribution in [2.24, 2.45) is 0 Å². The van der Waals surface area contributed by atoms with Gasteiger partial charge >= 0.3 is 0 Å². The number of aryl methyl sites for hydroxylation is 1. The SMILES string of the molecule is CCN1CCN(C(=O)CCc2ccncc2)CC1c1ncc[nH]1. The third-order valence-electron chi connectivity index (χ3n) is 4.46. The van der Waals surface area contributed by atoms with Gasteiger partial charge in [-0.25, -0.2) is 4.98 Å². The van der Waals surface area contributed by atoms with Crippen molar-refractivity contribution in [3.63, 3.8) is 0 Å². The quantitative estimate of drug-likeness (QED) is 0.911. The van der Waals surface area contributed by atoms with Crippen LogP contribution in [0.15, 0.2) is 36.9 Å². The molecule has 0 aromatic carbocycles. The zero-order valence-corrected chi connectivity index (χ0v) is 13.5. The third-order valence-corrected chi connectivity index (χ3v) is 4.46. The number of amides is 1.